The van der Waals surface area contributed by atoms with Crippen molar-refractivity contribution in [2.24, 2.45) is 0 Å². The number of H-pyrrole nitrogens is 1. The number of carbonyl (C=O) groups is 2. The quantitative estimate of drug-likeness (QED) is 0.569. The normalized spacial score (nSPS) is 20.3. The van der Waals surface area contributed by atoms with Gasteiger partial charge in [-0.1, -0.05) is 0 Å². The van der Waals surface area contributed by atoms with Crippen molar-refractivity contribution in [3.63, 3.8) is 0 Å². The van der Waals surface area contributed by atoms with E-state index >= 15 is 0 Å². The summed E-state index contributed by atoms with van der Waals surface area (Å²) in [5.74, 6) is -1.11. The standard InChI is InChI=1S/C11H16N4O4/c16-8-1-2-15(5-8)11(19)14-9(10(17)18)3-7-4-12-6-13-7/h4,6,8-9,16H,1-3,5H2,(H,12,13)(H,14,19)(H,17,18)/t8?,9-/m0/s1. The van der Waals surface area contributed by atoms with Crippen molar-refractivity contribution in [3.8, 4) is 0 Å². The molecule has 0 bridgehead atoms. The number of likely N-dealkylation sites (tertiary alicyclic amines) is 1. The van der Waals surface area contributed by atoms with Gasteiger partial charge in [-0.15, -0.1) is 0 Å². The number of aliphatic carboxylic acids is 1. The number of aliphatic hydroxyl groups excluding tert-OH is 1. The lowest BCUT2D eigenvalue weighted by Crippen LogP contribution is -2.48. The second kappa shape index (κ2) is 5.70. The van der Waals surface area contributed by atoms with Crippen molar-refractivity contribution in [2.75, 3.05) is 13.1 Å². The fourth-order valence-electron chi connectivity index (χ4n) is 1.98. The summed E-state index contributed by atoms with van der Waals surface area (Å²) >= 11 is 0. The van der Waals surface area contributed by atoms with E-state index < -0.39 is 24.1 Å². The molecule has 8 nitrogen and oxygen atoms in total. The highest BCUT2D eigenvalue weighted by Crippen LogP contribution is 2.09. The number of hydrogen-bond donors (Lipinski definition) is 4. The lowest BCUT2D eigenvalue weighted by atomic mass is 10.1. The SMILES string of the molecule is O=C(O)[C@H](Cc1cnc[nH]1)NC(=O)N1CCC(O)C1. The summed E-state index contributed by atoms with van der Waals surface area (Å²) in [6, 6.07) is -1.49. The van der Waals surface area contributed by atoms with Crippen molar-refractivity contribution < 1.29 is 19.8 Å². The molecular formula is C11H16N4O4. The van der Waals surface area contributed by atoms with Crippen LogP contribution in [0.2, 0.25) is 0 Å². The summed E-state index contributed by atoms with van der Waals surface area (Å²) in [5, 5.41) is 20.9. The Hall–Kier alpha value is -2.09. The van der Waals surface area contributed by atoms with Gasteiger partial charge < -0.3 is 25.4 Å². The van der Waals surface area contributed by atoms with Gasteiger partial charge >= 0.3 is 12.0 Å². The van der Waals surface area contributed by atoms with Crippen LogP contribution in [0.5, 0.6) is 0 Å². The molecule has 8 heteroatoms. The maximum absolute atomic E-state index is 11.8. The number of aromatic amines is 1. The molecule has 19 heavy (non-hydrogen) atoms. The minimum absolute atomic E-state index is 0.136. The Morgan fingerprint density at radius 3 is 2.95 bits per heavy atom. The third kappa shape index (κ3) is 3.44. The largest absolute Gasteiger partial charge is 0.480 e. The number of carbonyl (C=O) groups excluding carboxylic acids is 1. The highest BCUT2D eigenvalue weighted by atomic mass is 16.4. The van der Waals surface area contributed by atoms with Gasteiger partial charge in [0.05, 0.1) is 12.4 Å². The maximum Gasteiger partial charge on any atom is 0.326 e. The number of imidazole rings is 1. The van der Waals surface area contributed by atoms with E-state index in [9.17, 15) is 14.7 Å². The van der Waals surface area contributed by atoms with E-state index in [0.29, 0.717) is 18.7 Å². The van der Waals surface area contributed by atoms with Crippen LogP contribution in [0.1, 0.15) is 12.1 Å². The van der Waals surface area contributed by atoms with Crippen molar-refractivity contribution in [2.45, 2.75) is 25.0 Å². The fraction of sp³-hybridized carbons (Fsp3) is 0.545. The molecule has 1 aromatic rings. The van der Waals surface area contributed by atoms with Crippen LogP contribution in [0.3, 0.4) is 0 Å². The molecule has 1 unspecified atom stereocenters. The molecule has 1 saturated heterocycles. The number of nitrogens with one attached hydrogen (secondary N) is 2. The molecule has 1 aliphatic heterocycles. The molecule has 2 atom stereocenters. The maximum atomic E-state index is 11.8. The Bertz CT molecular complexity index is 448. The Labute approximate surface area is 109 Å². The van der Waals surface area contributed by atoms with Crippen molar-refractivity contribution in [1.82, 2.24) is 20.2 Å². The van der Waals surface area contributed by atoms with Gasteiger partial charge in [-0.05, 0) is 6.42 Å². The van der Waals surface area contributed by atoms with Crippen LogP contribution in [-0.2, 0) is 11.2 Å². The molecule has 0 aliphatic carbocycles. The molecule has 0 radical (unpaired) electrons. The molecule has 1 aliphatic rings. The number of carboxylic acid groups (broad SMARTS) is 1. The summed E-state index contributed by atoms with van der Waals surface area (Å²) in [5.41, 5.74) is 0.633. The first-order valence-electron chi connectivity index (χ1n) is 6.00. The molecule has 1 aromatic heterocycles. The van der Waals surface area contributed by atoms with Gasteiger partial charge in [-0.25, -0.2) is 14.6 Å². The molecule has 0 saturated carbocycles. The average Bonchev–Trinajstić information content (AvgIpc) is 2.99. The first-order valence-corrected chi connectivity index (χ1v) is 6.00. The predicted octanol–water partition coefficient (Wildman–Crippen LogP) is -0.818. The molecule has 2 rings (SSSR count). The van der Waals surface area contributed by atoms with Crippen LogP contribution in [0.15, 0.2) is 12.5 Å². The van der Waals surface area contributed by atoms with Crippen LogP contribution in [-0.4, -0.2) is 62.3 Å². The Morgan fingerprint density at radius 2 is 2.42 bits per heavy atom. The predicted molar refractivity (Wildman–Crippen MR) is 64.4 cm³/mol. The molecule has 104 valence electrons. The summed E-state index contributed by atoms with van der Waals surface area (Å²) in [4.78, 5) is 31.0. The van der Waals surface area contributed by atoms with Crippen LogP contribution in [0.25, 0.3) is 0 Å². The number of urea groups is 1. The van der Waals surface area contributed by atoms with E-state index in [0.717, 1.165) is 0 Å². The van der Waals surface area contributed by atoms with Crippen LogP contribution in [0.4, 0.5) is 4.79 Å². The number of amides is 2. The zero-order valence-electron chi connectivity index (χ0n) is 10.2. The molecule has 4 N–H and O–H groups in total. The first-order chi connectivity index (χ1) is 9.06. The number of hydrogen-bond acceptors (Lipinski definition) is 4. The lowest BCUT2D eigenvalue weighted by molar-refractivity contribution is -0.139. The van der Waals surface area contributed by atoms with Gasteiger partial charge in [-0.3, -0.25) is 0 Å². The third-order valence-electron chi connectivity index (χ3n) is 3.03. The topological polar surface area (TPSA) is 119 Å². The van der Waals surface area contributed by atoms with Gasteiger partial charge in [0.25, 0.3) is 0 Å². The van der Waals surface area contributed by atoms with E-state index in [1.165, 1.54) is 17.4 Å². The number of nitrogens with zero attached hydrogens (tertiary/aromatic N) is 2. The van der Waals surface area contributed by atoms with E-state index in [2.05, 4.69) is 15.3 Å². The minimum atomic E-state index is -1.11. The summed E-state index contributed by atoms with van der Waals surface area (Å²) in [7, 11) is 0. The summed E-state index contributed by atoms with van der Waals surface area (Å²) < 4.78 is 0. The Balaban J connectivity index is 1.93. The molecule has 2 amide bonds. The second-order valence-corrected chi connectivity index (χ2v) is 4.51. The number of rotatable bonds is 4. The lowest BCUT2D eigenvalue weighted by Gasteiger charge is -2.20. The highest BCUT2D eigenvalue weighted by Gasteiger charge is 2.28. The monoisotopic (exact) mass is 268 g/mol. The molecule has 0 aromatic carbocycles. The summed E-state index contributed by atoms with van der Waals surface area (Å²) in [6.45, 7) is 0.672. The van der Waals surface area contributed by atoms with Crippen molar-refractivity contribution in [1.29, 1.82) is 0 Å². The highest BCUT2D eigenvalue weighted by molar-refractivity contribution is 5.82. The minimum Gasteiger partial charge on any atom is -0.480 e. The second-order valence-electron chi connectivity index (χ2n) is 4.51. The van der Waals surface area contributed by atoms with Crippen molar-refractivity contribution >= 4 is 12.0 Å². The van der Waals surface area contributed by atoms with Crippen LogP contribution < -0.4 is 5.32 Å². The van der Waals surface area contributed by atoms with Gasteiger partial charge in [0.1, 0.15) is 6.04 Å². The molecule has 2 heterocycles. The zero-order chi connectivity index (χ0) is 13.8. The van der Waals surface area contributed by atoms with E-state index in [1.54, 1.807) is 0 Å². The fourth-order valence-corrected chi connectivity index (χ4v) is 1.98. The molecular weight excluding hydrogens is 252 g/mol. The van der Waals surface area contributed by atoms with E-state index in [4.69, 9.17) is 5.11 Å². The number of aliphatic hydroxyl groups is 1. The van der Waals surface area contributed by atoms with E-state index in [-0.39, 0.29) is 13.0 Å². The van der Waals surface area contributed by atoms with Gasteiger partial charge in [-0.2, -0.15) is 0 Å². The number of β-amino-alcohol motifs (C(OH)–C–C–N with tert-alkyl or cyclic N) is 1. The third-order valence-corrected chi connectivity index (χ3v) is 3.03. The zero-order valence-corrected chi connectivity index (χ0v) is 10.2. The van der Waals surface area contributed by atoms with E-state index in [1.807, 2.05) is 0 Å². The smallest absolute Gasteiger partial charge is 0.326 e. The van der Waals surface area contributed by atoms with Gasteiger partial charge in [0.15, 0.2) is 0 Å². The Kier molecular flexibility index (Phi) is 4.00. The van der Waals surface area contributed by atoms with Gasteiger partial charge in [0.2, 0.25) is 0 Å². The molecule has 0 spiro atoms. The number of aromatic nitrogens is 2. The van der Waals surface area contributed by atoms with Gasteiger partial charge in [0, 0.05) is 31.4 Å². The number of carboxylic acids is 1. The summed E-state index contributed by atoms with van der Waals surface area (Å²) in [6.07, 6.45) is 3.10. The van der Waals surface area contributed by atoms with Crippen LogP contribution >= 0.6 is 0 Å². The Morgan fingerprint density at radius 1 is 1.63 bits per heavy atom. The van der Waals surface area contributed by atoms with Crippen molar-refractivity contribution in [3.05, 3.63) is 18.2 Å². The first kappa shape index (κ1) is 13.3. The molecule has 1 fully saturated rings. The average molecular weight is 268 g/mol. The van der Waals surface area contributed by atoms with Crippen LogP contribution in [0, 0.1) is 0 Å².